The normalized spacial score (nSPS) is 14.0. The fourth-order valence-corrected chi connectivity index (χ4v) is 8.60. The number of fused-ring (bicyclic) bond motifs is 6. The van der Waals surface area contributed by atoms with Gasteiger partial charge in [-0.3, -0.25) is 0 Å². The maximum atomic E-state index is 11.6. The molecule has 0 bridgehead atoms. The van der Waals surface area contributed by atoms with Gasteiger partial charge in [0.05, 0.1) is 16.5 Å². The van der Waals surface area contributed by atoms with Crippen LogP contribution in [0, 0.1) is 0 Å². The van der Waals surface area contributed by atoms with E-state index in [0.717, 1.165) is 50.7 Å². The smallest absolute Gasteiger partial charge is 0.168 e. The summed E-state index contributed by atoms with van der Waals surface area (Å²) in [6.45, 7) is 0. The molecule has 11 rings (SSSR count). The van der Waals surface area contributed by atoms with Gasteiger partial charge in [0.1, 0.15) is 45.7 Å². The van der Waals surface area contributed by atoms with Gasteiger partial charge in [0.2, 0.25) is 0 Å². The van der Waals surface area contributed by atoms with Crippen molar-refractivity contribution in [2.24, 2.45) is 9.98 Å². The summed E-state index contributed by atoms with van der Waals surface area (Å²) in [6, 6.07) is 48.8. The van der Waals surface area contributed by atoms with Gasteiger partial charge in [-0.15, -0.1) is 0 Å². The highest BCUT2D eigenvalue weighted by Crippen LogP contribution is 2.53. The van der Waals surface area contributed by atoms with Crippen LogP contribution in [0.5, 0.6) is 34.5 Å². The molecule has 7 N–H and O–H groups in total. The Labute approximate surface area is 352 Å². The number of para-hydroxylation sites is 2. The Bertz CT molecular complexity index is 3450. The lowest BCUT2D eigenvalue weighted by atomic mass is 9.95. The van der Waals surface area contributed by atoms with E-state index in [-0.39, 0.29) is 21.8 Å². The topological polar surface area (TPSA) is 176 Å². The lowest BCUT2D eigenvalue weighted by Gasteiger charge is -2.24. The van der Waals surface area contributed by atoms with E-state index in [1.54, 1.807) is 0 Å². The number of phenolic OH excluding ortho intramolecular Hbond substituents is 6. The van der Waals surface area contributed by atoms with Crippen LogP contribution in [0.15, 0.2) is 172 Å². The molecule has 62 heavy (non-hydrogen) atoms. The van der Waals surface area contributed by atoms with Gasteiger partial charge in [-0.1, -0.05) is 127 Å². The van der Waals surface area contributed by atoms with Crippen LogP contribution in [0.4, 0.5) is 0 Å². The second-order valence-electron chi connectivity index (χ2n) is 15.1. The molecule has 2 aromatic heterocycles. The number of amidine groups is 2. The summed E-state index contributed by atoms with van der Waals surface area (Å²) >= 11 is 0. The van der Waals surface area contributed by atoms with Crippen LogP contribution >= 0.6 is 0 Å². The zero-order valence-corrected chi connectivity index (χ0v) is 32.5. The average molecular weight is 815 g/mol. The highest BCUT2D eigenvalue weighted by atomic mass is 16.3. The van der Waals surface area contributed by atoms with Gasteiger partial charge in [-0.05, 0) is 34.9 Å². The zero-order chi connectivity index (χ0) is 42.2. The van der Waals surface area contributed by atoms with Crippen molar-refractivity contribution in [2.75, 3.05) is 0 Å². The Morgan fingerprint density at radius 1 is 0.500 bits per heavy atom. The molecular formula is C51H34N4O7. The number of aromatic hydroxyl groups is 6. The Morgan fingerprint density at radius 3 is 1.82 bits per heavy atom. The number of nitrogens with one attached hydrogen (secondary N) is 1. The average Bonchev–Trinajstić information content (AvgIpc) is 3.88. The first-order valence-electron chi connectivity index (χ1n) is 19.8. The molecule has 0 spiro atoms. The summed E-state index contributed by atoms with van der Waals surface area (Å²) in [5.74, 6) is -2.45. The second kappa shape index (κ2) is 14.0. The molecule has 0 fully saturated rings. The maximum Gasteiger partial charge on any atom is 0.168 e. The Kier molecular flexibility index (Phi) is 8.19. The van der Waals surface area contributed by atoms with Gasteiger partial charge >= 0.3 is 0 Å². The maximum absolute atomic E-state index is 11.6. The van der Waals surface area contributed by atoms with Crippen LogP contribution in [0.3, 0.4) is 0 Å². The number of nitrogens with zero attached hydrogens (tertiary/aromatic N) is 3. The molecule has 11 heteroatoms. The third-order valence-corrected chi connectivity index (χ3v) is 11.5. The van der Waals surface area contributed by atoms with Crippen molar-refractivity contribution >= 4 is 55.4 Å². The van der Waals surface area contributed by atoms with Crippen molar-refractivity contribution in [3.8, 4) is 62.4 Å². The standard InChI is InChI=1S/C51H34N4O7/c56-37-25-39(58)46(60)42-43-45(38(57)26-40(59)47(43)61)55(44(37)42)36-24-30(33-18-10-19-35-34-17-7-8-20-41(34)62-48(33)35)21-22-32(36)29-15-9-16-31(23-29)51-53-49(27-11-3-1-4-12-27)52-50(54-51)28-13-5-2-6-14-28/h1-26,49,56-61H,(H,52,53,54). The molecular weight excluding hydrogens is 781 g/mol. The number of benzene rings is 8. The highest BCUT2D eigenvalue weighted by molar-refractivity contribution is 6.20. The highest BCUT2D eigenvalue weighted by Gasteiger charge is 2.29. The third-order valence-electron chi connectivity index (χ3n) is 11.5. The summed E-state index contributed by atoms with van der Waals surface area (Å²) in [6.07, 6.45) is -0.435. The molecule has 1 atom stereocenters. The van der Waals surface area contributed by atoms with Gasteiger partial charge < -0.3 is 44.9 Å². The van der Waals surface area contributed by atoms with Crippen molar-refractivity contribution in [3.63, 3.8) is 0 Å². The van der Waals surface area contributed by atoms with Crippen LogP contribution in [0.2, 0.25) is 0 Å². The van der Waals surface area contributed by atoms with Gasteiger partial charge in [-0.25, -0.2) is 9.98 Å². The number of hydrogen-bond acceptors (Lipinski definition) is 10. The first kappa shape index (κ1) is 36.4. The zero-order valence-electron chi connectivity index (χ0n) is 32.5. The van der Waals surface area contributed by atoms with E-state index >= 15 is 0 Å². The van der Waals surface area contributed by atoms with E-state index in [4.69, 9.17) is 14.4 Å². The van der Waals surface area contributed by atoms with E-state index in [2.05, 4.69) is 5.32 Å². The number of aromatic nitrogens is 1. The number of rotatable bonds is 6. The minimum atomic E-state index is -0.668. The summed E-state index contributed by atoms with van der Waals surface area (Å²) in [5.41, 5.74) is 7.02. The van der Waals surface area contributed by atoms with Crippen LogP contribution in [0.25, 0.3) is 71.7 Å². The Hall–Kier alpha value is -8.70. The fourth-order valence-electron chi connectivity index (χ4n) is 8.60. The number of aliphatic imine (C=N–C) groups is 2. The molecule has 0 amide bonds. The molecule has 10 aromatic rings. The minimum Gasteiger partial charge on any atom is -0.506 e. The second-order valence-corrected chi connectivity index (χ2v) is 15.1. The van der Waals surface area contributed by atoms with Crippen LogP contribution in [-0.2, 0) is 0 Å². The van der Waals surface area contributed by atoms with Gasteiger partial charge in [-0.2, -0.15) is 0 Å². The van der Waals surface area contributed by atoms with Crippen molar-refractivity contribution in [3.05, 3.63) is 174 Å². The molecule has 8 aromatic carbocycles. The molecule has 1 aliphatic heterocycles. The first-order valence-corrected chi connectivity index (χ1v) is 19.8. The molecule has 0 saturated heterocycles. The SMILES string of the molecule is Oc1cc(O)c2c(c1O)c1c(O)c(O)cc(O)c1n2-c1cc(-c2cccc3c2oc2ccccc23)ccc1-c1cccc(C2=NC(c3ccccc3)=NC(c3ccccc3)N2)c1. The molecule has 1 aliphatic rings. The summed E-state index contributed by atoms with van der Waals surface area (Å²) in [7, 11) is 0. The minimum absolute atomic E-state index is 0.0456. The largest absolute Gasteiger partial charge is 0.506 e. The Balaban J connectivity index is 1.17. The lowest BCUT2D eigenvalue weighted by Crippen LogP contribution is -2.33. The fraction of sp³-hybridized carbons (Fsp3) is 0.0196. The van der Waals surface area contributed by atoms with Crippen molar-refractivity contribution < 1.29 is 35.1 Å². The molecule has 0 radical (unpaired) electrons. The van der Waals surface area contributed by atoms with Crippen LogP contribution < -0.4 is 5.32 Å². The third kappa shape index (κ3) is 5.67. The number of furan rings is 1. The van der Waals surface area contributed by atoms with Crippen LogP contribution in [-0.4, -0.2) is 46.9 Å². The number of phenols is 6. The number of hydrogen-bond donors (Lipinski definition) is 7. The lowest BCUT2D eigenvalue weighted by molar-refractivity contribution is 0.400. The van der Waals surface area contributed by atoms with E-state index < -0.39 is 40.7 Å². The summed E-state index contributed by atoms with van der Waals surface area (Å²) in [4.78, 5) is 10.0. The first-order chi connectivity index (χ1) is 30.2. The molecule has 11 nitrogen and oxygen atoms in total. The molecule has 3 heterocycles. The molecule has 0 aliphatic carbocycles. The van der Waals surface area contributed by atoms with Crippen molar-refractivity contribution in [1.82, 2.24) is 9.88 Å². The Morgan fingerprint density at radius 2 is 1.10 bits per heavy atom. The summed E-state index contributed by atoms with van der Waals surface area (Å²) in [5, 5.41) is 72.4. The predicted molar refractivity (Wildman–Crippen MR) is 241 cm³/mol. The van der Waals surface area contributed by atoms with E-state index in [1.807, 2.05) is 146 Å². The van der Waals surface area contributed by atoms with E-state index in [1.165, 1.54) is 4.57 Å². The van der Waals surface area contributed by atoms with Crippen molar-refractivity contribution in [1.29, 1.82) is 0 Å². The van der Waals surface area contributed by atoms with Gasteiger partial charge in [0.15, 0.2) is 28.8 Å². The van der Waals surface area contributed by atoms with E-state index in [9.17, 15) is 30.6 Å². The quantitative estimate of drug-likeness (QED) is 0.0641. The van der Waals surface area contributed by atoms with Gasteiger partial charge in [0, 0.05) is 45.2 Å². The monoisotopic (exact) mass is 814 g/mol. The predicted octanol–water partition coefficient (Wildman–Crippen LogP) is 10.7. The molecule has 0 saturated carbocycles. The molecule has 1 unspecified atom stereocenters. The summed E-state index contributed by atoms with van der Waals surface area (Å²) < 4.78 is 7.96. The van der Waals surface area contributed by atoms with Crippen molar-refractivity contribution in [2.45, 2.75) is 6.17 Å². The van der Waals surface area contributed by atoms with E-state index in [0.29, 0.717) is 39.6 Å². The molecule has 300 valence electrons. The van der Waals surface area contributed by atoms with Crippen LogP contribution in [0.1, 0.15) is 22.9 Å². The van der Waals surface area contributed by atoms with Gasteiger partial charge in [0.25, 0.3) is 0 Å².